The average Bonchev–Trinajstić information content (AvgIpc) is 2.09. The van der Waals surface area contributed by atoms with Crippen molar-refractivity contribution in [2.45, 2.75) is 6.61 Å². The quantitative estimate of drug-likeness (QED) is 0.696. The summed E-state index contributed by atoms with van der Waals surface area (Å²) < 4.78 is 28.4. The van der Waals surface area contributed by atoms with Crippen molar-refractivity contribution in [1.29, 1.82) is 0 Å². The SMILES string of the molecule is Cn1cc(Cl)c(OC(F)F)n1. The van der Waals surface area contributed by atoms with Crippen molar-refractivity contribution in [3.8, 4) is 5.88 Å². The van der Waals surface area contributed by atoms with Gasteiger partial charge in [-0.1, -0.05) is 11.6 Å². The van der Waals surface area contributed by atoms with Crippen LogP contribution in [0.3, 0.4) is 0 Å². The first-order chi connectivity index (χ1) is 5.09. The molecule has 0 aliphatic heterocycles. The number of halogens is 3. The normalized spacial score (nSPS) is 10.6. The monoisotopic (exact) mass is 182 g/mol. The van der Waals surface area contributed by atoms with Gasteiger partial charge in [0.25, 0.3) is 5.88 Å². The molecule has 0 saturated heterocycles. The van der Waals surface area contributed by atoms with Crippen molar-refractivity contribution >= 4 is 11.6 Å². The highest BCUT2D eigenvalue weighted by atomic mass is 35.5. The number of aromatic nitrogens is 2. The molecule has 0 aromatic carbocycles. The topological polar surface area (TPSA) is 27.1 Å². The molecule has 0 fully saturated rings. The molecule has 0 bridgehead atoms. The van der Waals surface area contributed by atoms with E-state index in [9.17, 15) is 8.78 Å². The lowest BCUT2D eigenvalue weighted by molar-refractivity contribution is -0.0530. The molecule has 11 heavy (non-hydrogen) atoms. The zero-order chi connectivity index (χ0) is 8.43. The van der Waals surface area contributed by atoms with Gasteiger partial charge in [0, 0.05) is 13.2 Å². The number of ether oxygens (including phenoxy) is 1. The van der Waals surface area contributed by atoms with Crippen molar-refractivity contribution in [2.75, 3.05) is 0 Å². The Labute approximate surface area is 66.5 Å². The number of hydrogen-bond donors (Lipinski definition) is 0. The van der Waals surface area contributed by atoms with Crippen LogP contribution in [0.2, 0.25) is 5.02 Å². The van der Waals surface area contributed by atoms with Gasteiger partial charge in [0.1, 0.15) is 5.02 Å². The fraction of sp³-hybridized carbons (Fsp3) is 0.400. The second kappa shape index (κ2) is 3.04. The van der Waals surface area contributed by atoms with Crippen molar-refractivity contribution in [2.24, 2.45) is 7.05 Å². The number of aryl methyl sites for hydroxylation is 1. The molecular weight excluding hydrogens is 178 g/mol. The second-order valence-electron chi connectivity index (χ2n) is 1.83. The van der Waals surface area contributed by atoms with Crippen LogP contribution in [0, 0.1) is 0 Å². The van der Waals surface area contributed by atoms with Crippen LogP contribution in [0.1, 0.15) is 0 Å². The van der Waals surface area contributed by atoms with E-state index in [0.29, 0.717) is 0 Å². The van der Waals surface area contributed by atoms with E-state index in [0.717, 1.165) is 0 Å². The summed E-state index contributed by atoms with van der Waals surface area (Å²) in [4.78, 5) is 0. The maximum Gasteiger partial charge on any atom is 0.388 e. The smallest absolute Gasteiger partial charge is 0.388 e. The van der Waals surface area contributed by atoms with Gasteiger partial charge < -0.3 is 4.74 Å². The van der Waals surface area contributed by atoms with Gasteiger partial charge in [0.2, 0.25) is 0 Å². The number of nitrogens with zero attached hydrogens (tertiary/aromatic N) is 2. The summed E-state index contributed by atoms with van der Waals surface area (Å²) in [5, 5.41) is 3.61. The molecular formula is C5H5ClF2N2O. The zero-order valence-electron chi connectivity index (χ0n) is 5.59. The van der Waals surface area contributed by atoms with Gasteiger partial charge in [-0.3, -0.25) is 4.68 Å². The summed E-state index contributed by atoms with van der Waals surface area (Å²) in [5.41, 5.74) is 0. The van der Waals surface area contributed by atoms with Crippen LogP contribution in [0.4, 0.5) is 8.78 Å². The summed E-state index contributed by atoms with van der Waals surface area (Å²) in [7, 11) is 1.56. The van der Waals surface area contributed by atoms with E-state index in [1.165, 1.54) is 10.9 Å². The molecule has 0 unspecified atom stereocenters. The third-order valence-electron chi connectivity index (χ3n) is 0.954. The highest BCUT2D eigenvalue weighted by Gasteiger charge is 2.11. The van der Waals surface area contributed by atoms with Crippen molar-refractivity contribution < 1.29 is 13.5 Å². The molecule has 0 aliphatic rings. The molecule has 0 saturated carbocycles. The first-order valence-electron chi connectivity index (χ1n) is 2.73. The molecule has 0 amide bonds. The average molecular weight is 183 g/mol. The van der Waals surface area contributed by atoms with E-state index in [4.69, 9.17) is 11.6 Å². The highest BCUT2D eigenvalue weighted by molar-refractivity contribution is 6.31. The van der Waals surface area contributed by atoms with Crippen molar-refractivity contribution in [3.05, 3.63) is 11.2 Å². The van der Waals surface area contributed by atoms with Gasteiger partial charge in [-0.25, -0.2) is 0 Å². The lowest BCUT2D eigenvalue weighted by Gasteiger charge is -1.98. The van der Waals surface area contributed by atoms with E-state index in [1.807, 2.05) is 0 Å². The molecule has 0 spiro atoms. The number of alkyl halides is 2. The summed E-state index contributed by atoms with van der Waals surface area (Å²) in [5.74, 6) is -0.246. The molecule has 3 nitrogen and oxygen atoms in total. The Morgan fingerprint density at radius 2 is 2.36 bits per heavy atom. The van der Waals surface area contributed by atoms with Crippen molar-refractivity contribution in [3.63, 3.8) is 0 Å². The second-order valence-corrected chi connectivity index (χ2v) is 2.24. The van der Waals surface area contributed by atoms with Crippen LogP contribution in [0.15, 0.2) is 6.20 Å². The first kappa shape index (κ1) is 8.26. The Bertz CT molecular complexity index is 251. The lowest BCUT2D eigenvalue weighted by Crippen LogP contribution is -2.03. The highest BCUT2D eigenvalue weighted by Crippen LogP contribution is 2.22. The molecule has 6 heteroatoms. The molecule has 1 rings (SSSR count). The van der Waals surface area contributed by atoms with Crippen LogP contribution in [-0.4, -0.2) is 16.4 Å². The van der Waals surface area contributed by atoms with Gasteiger partial charge in [-0.05, 0) is 0 Å². The van der Waals surface area contributed by atoms with Gasteiger partial charge in [0.15, 0.2) is 0 Å². The Hall–Kier alpha value is -0.840. The van der Waals surface area contributed by atoms with E-state index >= 15 is 0 Å². The number of hydrogen-bond acceptors (Lipinski definition) is 2. The van der Waals surface area contributed by atoms with Crippen LogP contribution >= 0.6 is 11.6 Å². The minimum atomic E-state index is -2.89. The van der Waals surface area contributed by atoms with Gasteiger partial charge in [-0.2, -0.15) is 8.78 Å². The minimum Gasteiger partial charge on any atom is -0.414 e. The molecule has 1 aromatic rings. The fourth-order valence-corrected chi connectivity index (χ4v) is 0.827. The largest absolute Gasteiger partial charge is 0.414 e. The molecule has 62 valence electrons. The summed E-state index contributed by atoms with van der Waals surface area (Å²) in [6, 6.07) is 0. The third-order valence-corrected chi connectivity index (χ3v) is 1.21. The van der Waals surface area contributed by atoms with Gasteiger partial charge in [0.05, 0.1) is 0 Å². The van der Waals surface area contributed by atoms with Crippen LogP contribution in [-0.2, 0) is 7.05 Å². The fourth-order valence-electron chi connectivity index (χ4n) is 0.603. The van der Waals surface area contributed by atoms with Crippen molar-refractivity contribution in [1.82, 2.24) is 9.78 Å². The summed E-state index contributed by atoms with van der Waals surface area (Å²) in [6.45, 7) is -2.89. The third kappa shape index (κ3) is 2.04. The van der Waals surface area contributed by atoms with E-state index in [-0.39, 0.29) is 10.9 Å². The molecule has 0 aliphatic carbocycles. The zero-order valence-corrected chi connectivity index (χ0v) is 6.35. The maximum absolute atomic E-state index is 11.6. The predicted molar refractivity (Wildman–Crippen MR) is 34.9 cm³/mol. The standard InChI is InChI=1S/C5H5ClF2N2O/c1-10-2-3(6)4(9-10)11-5(7)8/h2,5H,1H3. The Morgan fingerprint density at radius 1 is 1.73 bits per heavy atom. The van der Waals surface area contributed by atoms with E-state index < -0.39 is 6.61 Å². The lowest BCUT2D eigenvalue weighted by atomic mass is 10.7. The summed E-state index contributed by atoms with van der Waals surface area (Å²) >= 11 is 5.45. The van der Waals surface area contributed by atoms with E-state index in [1.54, 1.807) is 7.05 Å². The molecule has 0 atom stereocenters. The van der Waals surface area contributed by atoms with Crippen LogP contribution < -0.4 is 4.74 Å². The van der Waals surface area contributed by atoms with Crippen LogP contribution in [0.25, 0.3) is 0 Å². The summed E-state index contributed by atoms with van der Waals surface area (Å²) in [6.07, 6.45) is 1.37. The molecule has 0 N–H and O–H groups in total. The Balaban J connectivity index is 2.77. The molecule has 1 aromatic heterocycles. The Morgan fingerprint density at radius 3 is 2.73 bits per heavy atom. The van der Waals surface area contributed by atoms with Crippen LogP contribution in [0.5, 0.6) is 5.88 Å². The predicted octanol–water partition coefficient (Wildman–Crippen LogP) is 1.67. The minimum absolute atomic E-state index is 0.0767. The van der Waals surface area contributed by atoms with E-state index in [2.05, 4.69) is 9.84 Å². The molecule has 0 radical (unpaired) electrons. The first-order valence-corrected chi connectivity index (χ1v) is 3.11. The molecule has 1 heterocycles. The van der Waals surface area contributed by atoms with Gasteiger partial charge in [-0.15, -0.1) is 5.10 Å². The van der Waals surface area contributed by atoms with Gasteiger partial charge >= 0.3 is 6.61 Å². The maximum atomic E-state index is 11.6. The Kier molecular flexibility index (Phi) is 2.28. The number of rotatable bonds is 2.